The van der Waals surface area contributed by atoms with Gasteiger partial charge >= 0.3 is 5.97 Å². The Kier molecular flexibility index (Phi) is 7.38. The standard InChI is InChI=1S/C15H23N5O3S/c1-3-23-15(22)5-4-8-20-18-14(17-19-20)9-12-10-16-7-6-13(12)24-11(2)21/h9,13,16H,3-8,10H2,1-2H3/b12-9+. The molecule has 0 aromatic carbocycles. The van der Waals surface area contributed by atoms with Crippen LogP contribution in [0, 0.1) is 0 Å². The molecule has 24 heavy (non-hydrogen) atoms. The van der Waals surface area contributed by atoms with E-state index >= 15 is 0 Å². The van der Waals surface area contributed by atoms with Crippen LogP contribution in [0.4, 0.5) is 0 Å². The number of aromatic nitrogens is 4. The van der Waals surface area contributed by atoms with Crippen LogP contribution in [0.25, 0.3) is 6.08 Å². The summed E-state index contributed by atoms with van der Waals surface area (Å²) in [4.78, 5) is 24.1. The molecule has 1 N–H and O–H groups in total. The zero-order valence-electron chi connectivity index (χ0n) is 14.0. The number of aryl methyl sites for hydroxylation is 1. The average Bonchev–Trinajstić information content (AvgIpc) is 2.96. The van der Waals surface area contributed by atoms with E-state index in [1.54, 1.807) is 13.8 Å². The first-order chi connectivity index (χ1) is 11.6. The summed E-state index contributed by atoms with van der Waals surface area (Å²) < 4.78 is 4.88. The number of piperidine rings is 1. The van der Waals surface area contributed by atoms with E-state index in [1.165, 1.54) is 16.6 Å². The highest BCUT2D eigenvalue weighted by molar-refractivity contribution is 8.14. The Balaban J connectivity index is 1.91. The number of carbonyl (C=O) groups excluding carboxylic acids is 2. The number of rotatable bonds is 7. The molecule has 1 aromatic heterocycles. The van der Waals surface area contributed by atoms with E-state index in [0.29, 0.717) is 31.8 Å². The molecule has 1 saturated heterocycles. The molecule has 0 amide bonds. The fourth-order valence-corrected chi connectivity index (χ4v) is 3.36. The fraction of sp³-hybridized carbons (Fsp3) is 0.667. The highest BCUT2D eigenvalue weighted by Gasteiger charge is 2.21. The van der Waals surface area contributed by atoms with Crippen LogP contribution in [0.5, 0.6) is 0 Å². The van der Waals surface area contributed by atoms with Gasteiger partial charge in [-0.25, -0.2) is 0 Å². The third-order valence-electron chi connectivity index (χ3n) is 3.46. The van der Waals surface area contributed by atoms with Crippen molar-refractivity contribution in [1.29, 1.82) is 0 Å². The van der Waals surface area contributed by atoms with Gasteiger partial charge in [-0.3, -0.25) is 9.59 Å². The van der Waals surface area contributed by atoms with Crippen molar-refractivity contribution < 1.29 is 14.3 Å². The summed E-state index contributed by atoms with van der Waals surface area (Å²) in [6.07, 6.45) is 3.74. The van der Waals surface area contributed by atoms with E-state index < -0.39 is 0 Å². The molecule has 9 heteroatoms. The number of thioether (sulfide) groups is 1. The SMILES string of the molecule is CCOC(=O)CCCn1nnc(/C=C2\CNCCC2SC(C)=O)n1. The van der Waals surface area contributed by atoms with Crippen molar-refractivity contribution >= 4 is 28.9 Å². The monoisotopic (exact) mass is 353 g/mol. The molecule has 1 fully saturated rings. The van der Waals surface area contributed by atoms with Gasteiger partial charge in [0.25, 0.3) is 0 Å². The Bertz CT molecular complexity index is 602. The number of esters is 1. The molecule has 1 unspecified atom stereocenters. The summed E-state index contributed by atoms with van der Waals surface area (Å²) >= 11 is 1.35. The van der Waals surface area contributed by atoms with Crippen molar-refractivity contribution in [3.63, 3.8) is 0 Å². The molecule has 0 saturated carbocycles. The van der Waals surface area contributed by atoms with Gasteiger partial charge in [0.05, 0.1) is 13.2 Å². The van der Waals surface area contributed by atoms with Crippen molar-refractivity contribution in [2.24, 2.45) is 0 Å². The van der Waals surface area contributed by atoms with Crippen LogP contribution >= 0.6 is 11.8 Å². The van der Waals surface area contributed by atoms with Gasteiger partial charge in [0.15, 0.2) is 10.9 Å². The van der Waals surface area contributed by atoms with E-state index in [2.05, 4.69) is 20.7 Å². The van der Waals surface area contributed by atoms with Gasteiger partial charge in [0, 0.05) is 25.1 Å². The largest absolute Gasteiger partial charge is 0.466 e. The average molecular weight is 353 g/mol. The molecule has 0 spiro atoms. The van der Waals surface area contributed by atoms with Gasteiger partial charge < -0.3 is 10.1 Å². The predicted molar refractivity (Wildman–Crippen MR) is 91.2 cm³/mol. The topological polar surface area (TPSA) is 99.0 Å². The van der Waals surface area contributed by atoms with E-state index in [9.17, 15) is 9.59 Å². The Morgan fingerprint density at radius 1 is 1.50 bits per heavy atom. The number of ether oxygens (including phenoxy) is 1. The van der Waals surface area contributed by atoms with Crippen LogP contribution in [-0.4, -0.2) is 56.2 Å². The van der Waals surface area contributed by atoms with Crippen molar-refractivity contribution in [3.8, 4) is 0 Å². The quantitative estimate of drug-likeness (QED) is 0.726. The maximum absolute atomic E-state index is 11.4. The van der Waals surface area contributed by atoms with Gasteiger partial charge in [0.1, 0.15) is 0 Å². The summed E-state index contributed by atoms with van der Waals surface area (Å²) in [5.41, 5.74) is 1.10. The van der Waals surface area contributed by atoms with E-state index in [0.717, 1.165) is 25.1 Å². The Morgan fingerprint density at radius 2 is 2.33 bits per heavy atom. The summed E-state index contributed by atoms with van der Waals surface area (Å²) in [7, 11) is 0. The van der Waals surface area contributed by atoms with E-state index in [-0.39, 0.29) is 16.3 Å². The highest BCUT2D eigenvalue weighted by atomic mass is 32.2. The van der Waals surface area contributed by atoms with Crippen LogP contribution in [-0.2, 0) is 20.9 Å². The maximum Gasteiger partial charge on any atom is 0.305 e. The maximum atomic E-state index is 11.4. The molecule has 2 heterocycles. The number of tetrazole rings is 1. The minimum absolute atomic E-state index is 0.114. The Hall–Kier alpha value is -1.74. The lowest BCUT2D eigenvalue weighted by molar-refractivity contribution is -0.143. The molecule has 1 aliphatic heterocycles. The summed E-state index contributed by atoms with van der Waals surface area (Å²) in [5.74, 6) is 0.316. The first kappa shape index (κ1) is 18.6. The third kappa shape index (κ3) is 6.04. The number of hydrogen-bond donors (Lipinski definition) is 1. The number of carbonyl (C=O) groups is 2. The van der Waals surface area contributed by atoms with Gasteiger partial charge in [0.2, 0.25) is 0 Å². The molecule has 8 nitrogen and oxygen atoms in total. The minimum Gasteiger partial charge on any atom is -0.466 e. The summed E-state index contributed by atoms with van der Waals surface area (Å²) in [6.45, 7) is 5.90. The van der Waals surface area contributed by atoms with Crippen molar-refractivity contribution in [2.45, 2.75) is 44.9 Å². The fourth-order valence-electron chi connectivity index (χ4n) is 2.42. The molecular weight excluding hydrogens is 330 g/mol. The second kappa shape index (κ2) is 9.53. The zero-order chi connectivity index (χ0) is 17.4. The predicted octanol–water partition coefficient (Wildman–Crippen LogP) is 1.04. The van der Waals surface area contributed by atoms with E-state index in [1.807, 2.05) is 6.08 Å². The lowest BCUT2D eigenvalue weighted by Gasteiger charge is -2.24. The van der Waals surface area contributed by atoms with Crippen molar-refractivity contribution in [2.75, 3.05) is 19.7 Å². The summed E-state index contributed by atoms with van der Waals surface area (Å²) in [6, 6.07) is 0. The van der Waals surface area contributed by atoms with Gasteiger partial charge in [-0.2, -0.15) is 4.80 Å². The van der Waals surface area contributed by atoms with Crippen LogP contribution in [0.2, 0.25) is 0 Å². The lowest BCUT2D eigenvalue weighted by atomic mass is 10.1. The van der Waals surface area contributed by atoms with Crippen LogP contribution < -0.4 is 5.32 Å². The first-order valence-corrected chi connectivity index (χ1v) is 8.98. The summed E-state index contributed by atoms with van der Waals surface area (Å²) in [5, 5.41) is 15.9. The molecule has 0 radical (unpaired) electrons. The molecule has 2 rings (SSSR count). The van der Waals surface area contributed by atoms with Gasteiger partial charge in [-0.15, -0.1) is 10.2 Å². The molecule has 1 aromatic rings. The van der Waals surface area contributed by atoms with Crippen LogP contribution in [0.1, 0.15) is 38.9 Å². The number of nitrogens with one attached hydrogen (secondary N) is 1. The third-order valence-corrected chi connectivity index (χ3v) is 4.62. The number of nitrogens with zero attached hydrogens (tertiary/aromatic N) is 4. The van der Waals surface area contributed by atoms with E-state index in [4.69, 9.17) is 4.74 Å². The van der Waals surface area contributed by atoms with Crippen molar-refractivity contribution in [1.82, 2.24) is 25.5 Å². The second-order valence-corrected chi connectivity index (χ2v) is 6.81. The molecule has 1 aliphatic rings. The zero-order valence-corrected chi connectivity index (χ0v) is 14.8. The molecule has 0 aliphatic carbocycles. The Labute approximate surface area is 145 Å². The number of hydrogen-bond acceptors (Lipinski definition) is 8. The Morgan fingerprint density at radius 3 is 3.08 bits per heavy atom. The van der Waals surface area contributed by atoms with Gasteiger partial charge in [-0.05, 0) is 43.2 Å². The van der Waals surface area contributed by atoms with Crippen molar-refractivity contribution in [3.05, 3.63) is 11.4 Å². The second-order valence-electron chi connectivity index (χ2n) is 5.43. The highest BCUT2D eigenvalue weighted by Crippen LogP contribution is 2.26. The molecule has 0 bridgehead atoms. The first-order valence-electron chi connectivity index (χ1n) is 8.10. The van der Waals surface area contributed by atoms with Gasteiger partial charge in [-0.1, -0.05) is 11.8 Å². The normalized spacial score (nSPS) is 19.4. The molecule has 132 valence electrons. The van der Waals surface area contributed by atoms with Crippen LogP contribution in [0.3, 0.4) is 0 Å². The smallest absolute Gasteiger partial charge is 0.305 e. The molecule has 1 atom stereocenters. The van der Waals surface area contributed by atoms with Crippen LogP contribution in [0.15, 0.2) is 5.57 Å². The molecular formula is C15H23N5O3S. The minimum atomic E-state index is -0.211. The lowest BCUT2D eigenvalue weighted by Crippen LogP contribution is -2.32.